The maximum atomic E-state index is 12.1. The smallest absolute Gasteiger partial charge is 0.361 e. The number of likely N-dealkylation sites (tertiary alicyclic amines) is 1. The molecule has 4 rings (SSSR count). The van der Waals surface area contributed by atoms with Crippen molar-refractivity contribution in [2.75, 3.05) is 32.1 Å². The summed E-state index contributed by atoms with van der Waals surface area (Å²) in [7, 11) is 3.53. The van der Waals surface area contributed by atoms with Crippen molar-refractivity contribution in [1.29, 1.82) is 0 Å². The number of carbonyl (C=O) groups is 1. The Morgan fingerprint density at radius 3 is 2.90 bits per heavy atom. The summed E-state index contributed by atoms with van der Waals surface area (Å²) in [5.41, 5.74) is 2.85. The Balaban J connectivity index is 1.41. The highest BCUT2D eigenvalue weighted by atomic mass is 16.5. The van der Waals surface area contributed by atoms with Crippen LogP contribution in [0.4, 0.5) is 5.69 Å². The first-order valence-electron chi connectivity index (χ1n) is 10.1. The lowest BCUT2D eigenvalue weighted by molar-refractivity contribution is -0.118. The fourth-order valence-corrected chi connectivity index (χ4v) is 4.25. The van der Waals surface area contributed by atoms with Crippen LogP contribution in [0, 0.1) is 0 Å². The van der Waals surface area contributed by atoms with Crippen molar-refractivity contribution in [1.82, 2.24) is 25.4 Å². The molecule has 1 atom stereocenters. The van der Waals surface area contributed by atoms with E-state index in [1.807, 2.05) is 7.05 Å². The van der Waals surface area contributed by atoms with Crippen LogP contribution in [0.5, 0.6) is 5.75 Å². The molecule has 9 nitrogen and oxygen atoms in total. The van der Waals surface area contributed by atoms with Gasteiger partial charge in [0, 0.05) is 43.9 Å². The zero-order valence-electron chi connectivity index (χ0n) is 17.0. The molecule has 9 heteroatoms. The van der Waals surface area contributed by atoms with E-state index in [1.165, 1.54) is 0 Å². The fraction of sp³-hybridized carbons (Fsp3) is 0.550. The molecule has 1 fully saturated rings. The van der Waals surface area contributed by atoms with Gasteiger partial charge in [0.25, 0.3) is 0 Å². The number of hydrogen-bond donors (Lipinski definition) is 3. The van der Waals surface area contributed by atoms with Gasteiger partial charge in [0.05, 0.1) is 13.7 Å². The number of H-pyrrole nitrogens is 2. The maximum absolute atomic E-state index is 12.1. The standard InChI is InChI=1S/C20H28N6O3/c1-25-16-8-14(17(29-2)9-13(16)5-6-19(25)27)10-21-15-4-3-7-26(11-15)12-18-22-20(28)24-23-18/h8-9,15,21H,3-7,10-12H2,1-2H3,(H2,22,23,24,28). The monoisotopic (exact) mass is 400 g/mol. The minimum Gasteiger partial charge on any atom is -0.496 e. The zero-order chi connectivity index (χ0) is 20.4. The molecule has 2 aliphatic rings. The predicted octanol–water partition coefficient (Wildman–Crippen LogP) is 0.770. The summed E-state index contributed by atoms with van der Waals surface area (Å²) in [6, 6.07) is 4.48. The van der Waals surface area contributed by atoms with Gasteiger partial charge in [0.15, 0.2) is 0 Å². The van der Waals surface area contributed by atoms with Gasteiger partial charge in [-0.2, -0.15) is 4.98 Å². The van der Waals surface area contributed by atoms with Crippen LogP contribution >= 0.6 is 0 Å². The Labute approximate surface area is 169 Å². The number of amides is 1. The van der Waals surface area contributed by atoms with Gasteiger partial charge in [-0.3, -0.25) is 14.8 Å². The number of ether oxygens (including phenoxy) is 1. The average Bonchev–Trinajstić information content (AvgIpc) is 3.13. The molecule has 2 aliphatic heterocycles. The quantitative estimate of drug-likeness (QED) is 0.661. The zero-order valence-corrected chi connectivity index (χ0v) is 17.0. The maximum Gasteiger partial charge on any atom is 0.361 e. The largest absolute Gasteiger partial charge is 0.496 e. The van der Waals surface area contributed by atoms with E-state index in [4.69, 9.17) is 4.74 Å². The molecule has 1 unspecified atom stereocenters. The number of aromatic nitrogens is 3. The second-order valence-electron chi connectivity index (χ2n) is 7.81. The Bertz CT molecular complexity index is 937. The van der Waals surface area contributed by atoms with E-state index < -0.39 is 0 Å². The summed E-state index contributed by atoms with van der Waals surface area (Å²) < 4.78 is 5.62. The van der Waals surface area contributed by atoms with Gasteiger partial charge in [0.1, 0.15) is 11.6 Å². The topological polar surface area (TPSA) is 106 Å². The third kappa shape index (κ3) is 4.35. The number of nitrogens with one attached hydrogen (secondary N) is 3. The van der Waals surface area contributed by atoms with Crippen LogP contribution in [0.2, 0.25) is 0 Å². The van der Waals surface area contributed by atoms with Crippen LogP contribution in [-0.2, 0) is 24.3 Å². The summed E-state index contributed by atoms with van der Waals surface area (Å²) in [4.78, 5) is 31.2. The van der Waals surface area contributed by atoms with Gasteiger partial charge in [0.2, 0.25) is 5.91 Å². The minimum atomic E-state index is -0.338. The highest BCUT2D eigenvalue weighted by Gasteiger charge is 2.24. The third-order valence-electron chi connectivity index (χ3n) is 5.84. The highest BCUT2D eigenvalue weighted by molar-refractivity contribution is 5.96. The third-order valence-corrected chi connectivity index (χ3v) is 5.84. The Hall–Kier alpha value is -2.65. The number of methoxy groups -OCH3 is 1. The number of nitrogens with zero attached hydrogens (tertiary/aromatic N) is 3. The Morgan fingerprint density at radius 2 is 2.14 bits per heavy atom. The van der Waals surface area contributed by atoms with E-state index in [0.29, 0.717) is 31.4 Å². The normalized spacial score (nSPS) is 20.0. The molecule has 3 heterocycles. The van der Waals surface area contributed by atoms with Crippen molar-refractivity contribution in [3.63, 3.8) is 0 Å². The molecule has 0 bridgehead atoms. The van der Waals surface area contributed by atoms with E-state index in [2.05, 4.69) is 37.5 Å². The van der Waals surface area contributed by atoms with Crippen LogP contribution < -0.4 is 20.6 Å². The first-order chi connectivity index (χ1) is 14.0. The fourth-order valence-electron chi connectivity index (χ4n) is 4.25. The number of piperidine rings is 1. The van der Waals surface area contributed by atoms with E-state index in [0.717, 1.165) is 54.9 Å². The second kappa shape index (κ2) is 8.38. The van der Waals surface area contributed by atoms with Gasteiger partial charge < -0.3 is 15.0 Å². The van der Waals surface area contributed by atoms with Crippen LogP contribution in [-0.4, -0.2) is 59.3 Å². The summed E-state index contributed by atoms with van der Waals surface area (Å²) >= 11 is 0. The molecule has 2 aromatic rings. The van der Waals surface area contributed by atoms with Crippen molar-refractivity contribution in [3.05, 3.63) is 39.6 Å². The highest BCUT2D eigenvalue weighted by Crippen LogP contribution is 2.33. The lowest BCUT2D eigenvalue weighted by Crippen LogP contribution is -2.45. The Kier molecular flexibility index (Phi) is 5.68. The molecular weight excluding hydrogens is 372 g/mol. The lowest BCUT2D eigenvalue weighted by atomic mass is 9.98. The minimum absolute atomic E-state index is 0.154. The molecule has 1 aromatic heterocycles. The molecule has 0 radical (unpaired) electrons. The number of hydrogen-bond acceptors (Lipinski definition) is 6. The van der Waals surface area contributed by atoms with Crippen LogP contribution in [0.25, 0.3) is 0 Å². The molecule has 1 amide bonds. The number of aryl methyl sites for hydroxylation is 1. The molecular formula is C20H28N6O3. The number of fused-ring (bicyclic) bond motifs is 1. The molecule has 1 aromatic carbocycles. The van der Waals surface area contributed by atoms with Crippen molar-refractivity contribution in [2.24, 2.45) is 0 Å². The van der Waals surface area contributed by atoms with Crippen LogP contribution in [0.3, 0.4) is 0 Å². The molecule has 0 spiro atoms. The first kappa shape index (κ1) is 19.7. The summed E-state index contributed by atoms with van der Waals surface area (Å²) in [5, 5.41) is 8.94. The average molecular weight is 400 g/mol. The number of carbonyl (C=O) groups excluding carboxylic acids is 1. The summed E-state index contributed by atoms with van der Waals surface area (Å²) in [6.07, 6.45) is 3.49. The molecule has 3 N–H and O–H groups in total. The van der Waals surface area contributed by atoms with E-state index in [9.17, 15) is 9.59 Å². The van der Waals surface area contributed by atoms with Crippen LogP contribution in [0.1, 0.15) is 36.2 Å². The number of rotatable bonds is 6. The summed E-state index contributed by atoms with van der Waals surface area (Å²) in [5.74, 6) is 1.68. The van der Waals surface area contributed by atoms with Gasteiger partial charge >= 0.3 is 5.69 Å². The Morgan fingerprint density at radius 1 is 1.28 bits per heavy atom. The van der Waals surface area contributed by atoms with Gasteiger partial charge in [-0.15, -0.1) is 0 Å². The first-order valence-corrected chi connectivity index (χ1v) is 10.1. The van der Waals surface area contributed by atoms with Crippen molar-refractivity contribution in [3.8, 4) is 5.75 Å². The molecule has 0 aliphatic carbocycles. The molecule has 0 saturated carbocycles. The molecule has 156 valence electrons. The van der Waals surface area contributed by atoms with E-state index in [1.54, 1.807) is 12.0 Å². The van der Waals surface area contributed by atoms with E-state index in [-0.39, 0.29) is 11.6 Å². The SMILES string of the molecule is COc1cc2c(cc1CNC1CCCN(Cc3nc(=O)[nH][nH]3)C1)N(C)C(=O)CC2. The van der Waals surface area contributed by atoms with Gasteiger partial charge in [-0.05, 0) is 43.5 Å². The molecule has 29 heavy (non-hydrogen) atoms. The number of anilines is 1. The second-order valence-corrected chi connectivity index (χ2v) is 7.81. The van der Waals surface area contributed by atoms with Crippen molar-refractivity contribution >= 4 is 11.6 Å². The predicted molar refractivity (Wildman–Crippen MR) is 109 cm³/mol. The van der Waals surface area contributed by atoms with Crippen molar-refractivity contribution in [2.45, 2.75) is 44.8 Å². The van der Waals surface area contributed by atoms with Crippen molar-refractivity contribution < 1.29 is 9.53 Å². The molecule has 1 saturated heterocycles. The van der Waals surface area contributed by atoms with Crippen LogP contribution in [0.15, 0.2) is 16.9 Å². The number of benzene rings is 1. The van der Waals surface area contributed by atoms with E-state index >= 15 is 0 Å². The van der Waals surface area contributed by atoms with Gasteiger partial charge in [-0.1, -0.05) is 0 Å². The lowest BCUT2D eigenvalue weighted by Gasteiger charge is -2.33. The summed E-state index contributed by atoms with van der Waals surface area (Å²) in [6.45, 7) is 3.19. The van der Waals surface area contributed by atoms with Gasteiger partial charge in [-0.25, -0.2) is 9.89 Å². The number of aromatic amines is 2.